The molecule has 8 atom stereocenters. The van der Waals surface area contributed by atoms with Crippen molar-refractivity contribution in [2.45, 2.75) is 146 Å². The molecule has 5 aliphatic rings. The number of aliphatic hydroxyl groups excluding tert-OH is 1. The molecule has 0 radical (unpaired) electrons. The molecule has 2 aliphatic carbocycles. The lowest BCUT2D eigenvalue weighted by molar-refractivity contribution is -0.136. The van der Waals surface area contributed by atoms with Gasteiger partial charge < -0.3 is 45.1 Å². The standard InChI is InChI=1S/C47H67N9O6/c1-28(2)39(52-45(60)54-21-7-11-33(54)27-57)43(58)55-22-8-12-36(55)41-48-25-35(50-41)31-16-14-30(15-17-31)34-18-20-47(19-6-10-32(34)24-47)38-26-49-42(51-38)37-13-9-23-56(37)44(59)40(29(3)4)53-46(61)62-5/h14-17,25-26,28-29,32-34,36-37,39-40,57H,6-13,18-24,27H2,1-5H3,(H,48,50)(H,49,51)(H,52,60)(H,53,61)/t32?,33-,34?,36-,37-,39-,40-,47?/m0/s1. The predicted octanol–water partition coefficient (Wildman–Crippen LogP) is 6.70. The molecular formula is C47H67N9O6. The fourth-order valence-corrected chi connectivity index (χ4v) is 11.5. The molecule has 5 N–H and O–H groups in total. The molecule has 5 fully saturated rings. The second kappa shape index (κ2) is 18.4. The van der Waals surface area contributed by atoms with Crippen LogP contribution in [-0.4, -0.2) is 115 Å². The van der Waals surface area contributed by atoms with E-state index in [1.54, 1.807) is 4.90 Å². The molecule has 15 heteroatoms. The number of alkyl carbamates (subject to hydrolysis) is 1. The molecule has 3 aromatic rings. The third kappa shape index (κ3) is 8.57. The van der Waals surface area contributed by atoms with Gasteiger partial charge in [-0.05, 0) is 105 Å². The molecule has 0 spiro atoms. The zero-order chi connectivity index (χ0) is 43.7. The number of ether oxygens (including phenoxy) is 1. The Balaban J connectivity index is 0.906. The third-order valence-electron chi connectivity index (χ3n) is 15.0. The molecule has 8 rings (SSSR count). The van der Waals surface area contributed by atoms with Gasteiger partial charge in [-0.1, -0.05) is 58.4 Å². The number of likely N-dealkylation sites (tertiary alicyclic amines) is 3. The van der Waals surface area contributed by atoms with Gasteiger partial charge in [-0.3, -0.25) is 9.59 Å². The van der Waals surface area contributed by atoms with E-state index in [2.05, 4.69) is 44.9 Å². The number of methoxy groups -OCH3 is 1. The Labute approximate surface area is 365 Å². The van der Waals surface area contributed by atoms with E-state index in [4.69, 9.17) is 14.7 Å². The normalized spacial score (nSPS) is 27.2. The van der Waals surface area contributed by atoms with Crippen molar-refractivity contribution in [3.8, 4) is 11.3 Å². The molecule has 15 nitrogen and oxygen atoms in total. The number of carbonyl (C=O) groups excluding carboxylic acids is 4. The Hall–Kier alpha value is -4.92. The first-order valence-electron chi connectivity index (χ1n) is 23.3. The summed E-state index contributed by atoms with van der Waals surface area (Å²) in [7, 11) is 1.31. The van der Waals surface area contributed by atoms with Gasteiger partial charge in [-0.2, -0.15) is 0 Å². The topological polar surface area (TPSA) is 189 Å². The fourth-order valence-electron chi connectivity index (χ4n) is 11.5. The molecule has 3 unspecified atom stereocenters. The van der Waals surface area contributed by atoms with Crippen LogP contribution in [0.5, 0.6) is 0 Å². The average Bonchev–Trinajstić information content (AvgIpc) is 4.13. The maximum Gasteiger partial charge on any atom is 0.407 e. The maximum atomic E-state index is 14.0. The monoisotopic (exact) mass is 854 g/mol. The van der Waals surface area contributed by atoms with Gasteiger partial charge in [0.2, 0.25) is 11.8 Å². The number of nitrogens with zero attached hydrogens (tertiary/aromatic N) is 5. The van der Waals surface area contributed by atoms with Gasteiger partial charge in [0.05, 0.1) is 43.7 Å². The van der Waals surface area contributed by atoms with Crippen LogP contribution in [0.1, 0.15) is 146 Å². The van der Waals surface area contributed by atoms with Crippen molar-refractivity contribution < 1.29 is 29.0 Å². The van der Waals surface area contributed by atoms with Gasteiger partial charge in [0.15, 0.2) is 0 Å². The summed E-state index contributed by atoms with van der Waals surface area (Å²) in [4.78, 5) is 75.5. The Morgan fingerprint density at radius 2 is 1.39 bits per heavy atom. The van der Waals surface area contributed by atoms with E-state index in [-0.39, 0.29) is 59.8 Å². The number of amides is 5. The van der Waals surface area contributed by atoms with Gasteiger partial charge in [0.1, 0.15) is 23.7 Å². The van der Waals surface area contributed by atoms with Crippen molar-refractivity contribution in [3.63, 3.8) is 0 Å². The van der Waals surface area contributed by atoms with Crippen LogP contribution in [0, 0.1) is 17.8 Å². The van der Waals surface area contributed by atoms with Crippen LogP contribution in [0.25, 0.3) is 11.3 Å². The molecule has 2 aromatic heterocycles. The number of aromatic amines is 2. The lowest BCUT2D eigenvalue weighted by Gasteiger charge is -2.48. The summed E-state index contributed by atoms with van der Waals surface area (Å²) >= 11 is 0. The average molecular weight is 854 g/mol. The highest BCUT2D eigenvalue weighted by molar-refractivity contribution is 5.88. The largest absolute Gasteiger partial charge is 0.453 e. The van der Waals surface area contributed by atoms with Crippen molar-refractivity contribution in [2.24, 2.45) is 17.8 Å². The number of H-pyrrole nitrogens is 2. The van der Waals surface area contributed by atoms with E-state index >= 15 is 0 Å². The van der Waals surface area contributed by atoms with E-state index in [9.17, 15) is 24.3 Å². The number of rotatable bonds is 12. The molecule has 3 saturated heterocycles. The number of benzene rings is 1. The van der Waals surface area contributed by atoms with E-state index in [1.807, 2.05) is 49.9 Å². The van der Waals surface area contributed by atoms with Gasteiger partial charge in [0.25, 0.3) is 0 Å². The summed E-state index contributed by atoms with van der Waals surface area (Å²) in [6, 6.07) is 6.78. The summed E-state index contributed by atoms with van der Waals surface area (Å²) in [5.41, 5.74) is 4.58. The number of fused-ring (bicyclic) bond motifs is 2. The van der Waals surface area contributed by atoms with Gasteiger partial charge in [0, 0.05) is 36.9 Å². The number of aromatic nitrogens is 4. The summed E-state index contributed by atoms with van der Waals surface area (Å²) < 4.78 is 4.81. The first kappa shape index (κ1) is 43.7. The lowest BCUT2D eigenvalue weighted by Crippen LogP contribution is -2.55. The van der Waals surface area contributed by atoms with Crippen LogP contribution in [0.15, 0.2) is 36.7 Å². The van der Waals surface area contributed by atoms with E-state index in [0.29, 0.717) is 31.5 Å². The molecule has 1 aromatic carbocycles. The summed E-state index contributed by atoms with van der Waals surface area (Å²) in [6.45, 7) is 9.53. The SMILES string of the molecule is COC(=O)N[C@H](C(=O)N1CCC[C@H]1c1ncc(C23CCCC(C2)C(c2ccc(-c4cnc([C@@H]5CCCN5C(=O)[C@@H](NC(=O)N5CCC[C@H]5CO)C(C)C)[nH]4)cc2)CC3)[nH]1)C(C)C. The van der Waals surface area contributed by atoms with E-state index in [1.165, 1.54) is 31.2 Å². The summed E-state index contributed by atoms with van der Waals surface area (Å²) in [5.74, 6) is 2.27. The number of hydrogen-bond acceptors (Lipinski definition) is 8. The number of hydrogen-bond donors (Lipinski definition) is 5. The molecule has 2 bridgehead atoms. The smallest absolute Gasteiger partial charge is 0.407 e. The Morgan fingerprint density at radius 3 is 2.03 bits per heavy atom. The number of aliphatic hydroxyl groups is 1. The molecule has 5 heterocycles. The second-order valence-electron chi connectivity index (χ2n) is 19.3. The molecule has 336 valence electrons. The van der Waals surface area contributed by atoms with E-state index < -0.39 is 18.2 Å². The van der Waals surface area contributed by atoms with E-state index in [0.717, 1.165) is 87.1 Å². The maximum absolute atomic E-state index is 14.0. The van der Waals surface area contributed by atoms with Crippen LogP contribution < -0.4 is 10.6 Å². The Kier molecular flexibility index (Phi) is 13.0. The van der Waals surface area contributed by atoms with Crippen molar-refractivity contribution >= 4 is 23.9 Å². The number of imidazole rings is 2. The lowest BCUT2D eigenvalue weighted by atomic mass is 9.56. The zero-order valence-corrected chi connectivity index (χ0v) is 37.2. The Bertz CT molecular complexity index is 2060. The van der Waals surface area contributed by atoms with Crippen LogP contribution in [-0.2, 0) is 19.7 Å². The highest BCUT2D eigenvalue weighted by Crippen LogP contribution is 2.55. The van der Waals surface area contributed by atoms with Gasteiger partial charge >= 0.3 is 12.1 Å². The van der Waals surface area contributed by atoms with Crippen molar-refractivity contribution in [1.29, 1.82) is 0 Å². The van der Waals surface area contributed by atoms with Crippen LogP contribution in [0.4, 0.5) is 9.59 Å². The fraction of sp³-hybridized carbons (Fsp3) is 0.660. The molecular weight excluding hydrogens is 787 g/mol. The molecule has 62 heavy (non-hydrogen) atoms. The van der Waals surface area contributed by atoms with Crippen molar-refractivity contribution in [1.82, 2.24) is 45.3 Å². The van der Waals surface area contributed by atoms with Gasteiger partial charge in [-0.25, -0.2) is 19.6 Å². The third-order valence-corrected chi connectivity index (χ3v) is 15.0. The minimum absolute atomic E-state index is 0.0461. The summed E-state index contributed by atoms with van der Waals surface area (Å²) in [6.07, 6.45) is 15.1. The first-order valence-corrected chi connectivity index (χ1v) is 23.3. The predicted molar refractivity (Wildman–Crippen MR) is 234 cm³/mol. The summed E-state index contributed by atoms with van der Waals surface area (Å²) in [5, 5.41) is 15.5. The molecule has 2 saturated carbocycles. The second-order valence-corrected chi connectivity index (χ2v) is 19.3. The Morgan fingerprint density at radius 1 is 0.774 bits per heavy atom. The number of urea groups is 1. The van der Waals surface area contributed by atoms with Crippen molar-refractivity contribution in [3.05, 3.63) is 59.6 Å². The van der Waals surface area contributed by atoms with Crippen LogP contribution >= 0.6 is 0 Å². The minimum atomic E-state index is -0.668. The molecule has 5 amide bonds. The highest BCUT2D eigenvalue weighted by Gasteiger charge is 2.47. The zero-order valence-electron chi connectivity index (χ0n) is 37.2. The number of carbonyl (C=O) groups is 4. The minimum Gasteiger partial charge on any atom is -0.453 e. The highest BCUT2D eigenvalue weighted by atomic mass is 16.5. The van der Waals surface area contributed by atoms with Gasteiger partial charge in [-0.15, -0.1) is 0 Å². The first-order chi connectivity index (χ1) is 29.9. The van der Waals surface area contributed by atoms with Crippen LogP contribution in [0.2, 0.25) is 0 Å². The van der Waals surface area contributed by atoms with Crippen molar-refractivity contribution in [2.75, 3.05) is 33.4 Å². The van der Waals surface area contributed by atoms with Crippen LogP contribution in [0.3, 0.4) is 0 Å². The number of nitrogens with one attached hydrogen (secondary N) is 4. The molecule has 3 aliphatic heterocycles. The quantitative estimate of drug-likeness (QED) is 0.133.